The summed E-state index contributed by atoms with van der Waals surface area (Å²) in [5.74, 6) is -0.974. The number of fused-ring (bicyclic) bond motifs is 1. The number of alkyl halides is 3. The summed E-state index contributed by atoms with van der Waals surface area (Å²) in [5.41, 5.74) is 6.29. The van der Waals surface area contributed by atoms with Gasteiger partial charge >= 0.3 is 6.18 Å². The summed E-state index contributed by atoms with van der Waals surface area (Å²) in [6.45, 7) is 1.76. The number of nitrogens with one attached hydrogen (secondary N) is 2. The fourth-order valence-electron chi connectivity index (χ4n) is 4.89. The number of methoxy groups -OCH3 is 1. The Morgan fingerprint density at radius 3 is 2.36 bits per heavy atom. The van der Waals surface area contributed by atoms with Crippen LogP contribution >= 0.6 is 0 Å². The number of carbonyl (C=O) groups is 2. The van der Waals surface area contributed by atoms with E-state index in [1.54, 1.807) is 31.2 Å². The van der Waals surface area contributed by atoms with Gasteiger partial charge in [0, 0.05) is 30.8 Å². The summed E-state index contributed by atoms with van der Waals surface area (Å²) in [6.07, 6.45) is -3.56. The van der Waals surface area contributed by atoms with Crippen LogP contribution in [-0.2, 0) is 6.42 Å². The van der Waals surface area contributed by atoms with Crippen molar-refractivity contribution in [3.63, 3.8) is 0 Å². The molecule has 1 aromatic heterocycles. The number of rotatable bonds is 8. The highest BCUT2D eigenvalue weighted by Gasteiger charge is 2.29. The number of hydrogen-bond acceptors (Lipinski definition) is 4. The van der Waals surface area contributed by atoms with Gasteiger partial charge in [0.25, 0.3) is 11.8 Å². The highest BCUT2D eigenvalue weighted by molar-refractivity contribution is 6.12. The monoisotopic (exact) mass is 578 g/mol. The Balaban J connectivity index is 1.75. The summed E-state index contributed by atoms with van der Waals surface area (Å²) in [6, 6.07) is 11.7. The predicted molar refractivity (Wildman–Crippen MR) is 150 cm³/mol. The van der Waals surface area contributed by atoms with Gasteiger partial charge in [0.2, 0.25) is 0 Å². The third kappa shape index (κ3) is 5.66. The van der Waals surface area contributed by atoms with Gasteiger partial charge in [-0.2, -0.15) is 13.2 Å². The summed E-state index contributed by atoms with van der Waals surface area (Å²) in [5, 5.41) is 5.69. The number of hydrogen-bond donors (Lipinski definition) is 2. The molecule has 42 heavy (non-hydrogen) atoms. The van der Waals surface area contributed by atoms with Gasteiger partial charge in [-0.25, -0.2) is 4.39 Å². The third-order valence-electron chi connectivity index (χ3n) is 7.08. The average Bonchev–Trinajstić information content (AvgIpc) is 3.30. The van der Waals surface area contributed by atoms with Gasteiger partial charge in [0.1, 0.15) is 22.9 Å². The van der Waals surface area contributed by atoms with E-state index in [0.29, 0.717) is 51.1 Å². The Bertz CT molecular complexity index is 1780. The molecular formula is C32H26F4N2O4. The lowest BCUT2D eigenvalue weighted by Gasteiger charge is -2.18. The molecule has 0 aliphatic heterocycles. The quantitative estimate of drug-likeness (QED) is 0.171. The molecule has 0 atom stereocenters. The van der Waals surface area contributed by atoms with Crippen LogP contribution in [-0.4, -0.2) is 32.1 Å². The Kier molecular flexibility index (Phi) is 7.67. The first-order chi connectivity index (χ1) is 20.0. The Labute approximate surface area is 238 Å². The number of ether oxygens (including phenoxy) is 1. The zero-order chi connectivity index (χ0) is 30.2. The largest absolute Gasteiger partial charge is 0.496 e. The van der Waals surface area contributed by atoms with Crippen molar-refractivity contribution in [2.24, 2.45) is 0 Å². The molecule has 216 valence electrons. The Morgan fingerprint density at radius 1 is 1.05 bits per heavy atom. The lowest BCUT2D eigenvalue weighted by Crippen LogP contribution is -2.24. The zero-order valence-corrected chi connectivity index (χ0v) is 23.0. The van der Waals surface area contributed by atoms with Crippen LogP contribution in [0, 0.1) is 12.7 Å². The van der Waals surface area contributed by atoms with Gasteiger partial charge in [-0.05, 0) is 90.2 Å². The lowest BCUT2D eigenvalue weighted by molar-refractivity contribution is -0.133. The average molecular weight is 579 g/mol. The zero-order valence-electron chi connectivity index (χ0n) is 23.0. The molecule has 0 radical (unpaired) electrons. The van der Waals surface area contributed by atoms with E-state index < -0.39 is 30.2 Å². The highest BCUT2D eigenvalue weighted by atomic mass is 19.4. The first-order valence-corrected chi connectivity index (χ1v) is 13.1. The number of furan rings is 1. The number of carbonyl (C=O) groups excluding carboxylic acids is 2. The standard InChI is InChI=1S/C32H26F4N2O4/c1-17-13-26(41-3)25(30(39)38-21-5-4-6-21)15-22(17)23-16-24-27(14-19(23)11-12-32(34,35)36)42-29(28(24)31(40)37-2)18-7-9-20(33)10-8-18/h4,7-10,13-16H,5,11-12H2,1-3H3,(H,37,40)(H,38,39). The van der Waals surface area contributed by atoms with E-state index in [4.69, 9.17) is 9.15 Å². The van der Waals surface area contributed by atoms with Crippen molar-refractivity contribution < 1.29 is 36.3 Å². The normalized spacial score (nSPS) is 12.6. The summed E-state index contributed by atoms with van der Waals surface area (Å²) >= 11 is 0. The van der Waals surface area contributed by atoms with E-state index >= 15 is 0 Å². The fourth-order valence-corrected chi connectivity index (χ4v) is 4.89. The highest BCUT2D eigenvalue weighted by Crippen LogP contribution is 2.41. The van der Waals surface area contributed by atoms with Gasteiger partial charge < -0.3 is 19.8 Å². The van der Waals surface area contributed by atoms with E-state index in [9.17, 15) is 27.2 Å². The SMILES string of the molecule is CNC(=O)c1c(-c2ccc(F)cc2)oc2cc(CCC(F)(F)F)c(-c3cc(C(=O)NC4=C=CC4)c(OC)cc3C)cc12. The molecule has 2 N–H and O–H groups in total. The maximum Gasteiger partial charge on any atom is 0.389 e. The number of aryl methyl sites for hydroxylation is 2. The molecule has 5 rings (SSSR count). The van der Waals surface area contributed by atoms with E-state index in [1.165, 1.54) is 44.5 Å². The summed E-state index contributed by atoms with van der Waals surface area (Å²) < 4.78 is 65.3. The molecule has 10 heteroatoms. The third-order valence-corrected chi connectivity index (χ3v) is 7.08. The topological polar surface area (TPSA) is 80.6 Å². The molecule has 0 bridgehead atoms. The van der Waals surface area contributed by atoms with Gasteiger partial charge in [0.05, 0.1) is 23.9 Å². The lowest BCUT2D eigenvalue weighted by atomic mass is 9.90. The maximum absolute atomic E-state index is 13.6. The van der Waals surface area contributed by atoms with Crippen molar-refractivity contribution in [1.82, 2.24) is 10.6 Å². The van der Waals surface area contributed by atoms with Crippen molar-refractivity contribution in [2.75, 3.05) is 14.2 Å². The van der Waals surface area contributed by atoms with Crippen molar-refractivity contribution in [3.05, 3.63) is 94.1 Å². The molecule has 1 heterocycles. The molecule has 4 aromatic rings. The predicted octanol–water partition coefficient (Wildman–Crippen LogP) is 7.25. The summed E-state index contributed by atoms with van der Waals surface area (Å²) in [7, 11) is 2.87. The molecular weight excluding hydrogens is 552 g/mol. The van der Waals surface area contributed by atoms with Gasteiger partial charge in [-0.15, -0.1) is 5.73 Å². The molecule has 2 amide bonds. The van der Waals surface area contributed by atoms with Crippen LogP contribution in [0.1, 0.15) is 44.7 Å². The van der Waals surface area contributed by atoms with Crippen molar-refractivity contribution >= 4 is 22.8 Å². The fraction of sp³-hybridized carbons (Fsp3) is 0.219. The first-order valence-electron chi connectivity index (χ1n) is 13.1. The number of amides is 2. The second kappa shape index (κ2) is 11.2. The molecule has 0 saturated carbocycles. The van der Waals surface area contributed by atoms with Crippen molar-refractivity contribution in [2.45, 2.75) is 32.4 Å². The Hall–Kier alpha value is -4.82. The van der Waals surface area contributed by atoms with Gasteiger partial charge in [0.15, 0.2) is 0 Å². The Morgan fingerprint density at radius 2 is 1.76 bits per heavy atom. The van der Waals surface area contributed by atoms with Crippen LogP contribution in [0.2, 0.25) is 0 Å². The molecule has 1 aliphatic rings. The van der Waals surface area contributed by atoms with Crippen LogP contribution in [0.3, 0.4) is 0 Å². The second-order valence-corrected chi connectivity index (χ2v) is 9.87. The second-order valence-electron chi connectivity index (χ2n) is 9.87. The van der Waals surface area contributed by atoms with Crippen LogP contribution in [0.5, 0.6) is 5.75 Å². The van der Waals surface area contributed by atoms with E-state index in [2.05, 4.69) is 16.4 Å². The molecule has 3 aromatic carbocycles. The molecule has 6 nitrogen and oxygen atoms in total. The minimum Gasteiger partial charge on any atom is -0.496 e. The van der Waals surface area contributed by atoms with E-state index in [0.717, 1.165) is 0 Å². The van der Waals surface area contributed by atoms with E-state index in [1.807, 2.05) is 0 Å². The molecule has 0 fully saturated rings. The molecule has 1 aliphatic carbocycles. The van der Waals surface area contributed by atoms with Crippen molar-refractivity contribution in [3.8, 4) is 28.2 Å². The molecule has 0 saturated heterocycles. The first kappa shape index (κ1) is 28.7. The van der Waals surface area contributed by atoms with Crippen LogP contribution < -0.4 is 15.4 Å². The minimum atomic E-state index is -4.42. The number of benzene rings is 3. The van der Waals surface area contributed by atoms with Gasteiger partial charge in [-0.1, -0.05) is 0 Å². The van der Waals surface area contributed by atoms with Crippen LogP contribution in [0.25, 0.3) is 33.4 Å². The number of halogens is 4. The van der Waals surface area contributed by atoms with Crippen LogP contribution in [0.4, 0.5) is 17.6 Å². The van der Waals surface area contributed by atoms with E-state index in [-0.39, 0.29) is 28.9 Å². The minimum absolute atomic E-state index is 0.149. The van der Waals surface area contributed by atoms with Crippen molar-refractivity contribution in [1.29, 1.82) is 0 Å². The smallest absolute Gasteiger partial charge is 0.389 e. The summed E-state index contributed by atoms with van der Waals surface area (Å²) in [4.78, 5) is 26.2. The molecule has 0 spiro atoms. The van der Waals surface area contributed by atoms with Gasteiger partial charge in [-0.3, -0.25) is 9.59 Å². The molecule has 0 unspecified atom stereocenters. The maximum atomic E-state index is 13.6. The van der Waals surface area contributed by atoms with Crippen LogP contribution in [0.15, 0.2) is 70.5 Å².